The van der Waals surface area contributed by atoms with Crippen LogP contribution in [0.25, 0.3) is 77.2 Å². The highest BCUT2D eigenvalue weighted by atomic mass is 16.5. The van der Waals surface area contributed by atoms with Crippen LogP contribution in [0.2, 0.25) is 0 Å². The summed E-state index contributed by atoms with van der Waals surface area (Å²) in [6.45, 7) is 0. The molecule has 0 fully saturated rings. The lowest BCUT2D eigenvalue weighted by Crippen LogP contribution is -2.32. The van der Waals surface area contributed by atoms with Crippen molar-refractivity contribution in [3.8, 4) is 67.1 Å². The van der Waals surface area contributed by atoms with E-state index in [1.54, 1.807) is 0 Å². The third-order valence-corrected chi connectivity index (χ3v) is 21.2. The van der Waals surface area contributed by atoms with Gasteiger partial charge in [-0.1, -0.05) is 297 Å². The van der Waals surface area contributed by atoms with Gasteiger partial charge in [0, 0.05) is 38.8 Å². The summed E-state index contributed by atoms with van der Waals surface area (Å²) in [4.78, 5) is 2.56. The second-order valence-corrected chi connectivity index (χ2v) is 25.2. The number of hydrogen-bond donors (Lipinski definition) is 0. The van der Waals surface area contributed by atoms with Gasteiger partial charge in [0.15, 0.2) is 0 Å². The van der Waals surface area contributed by atoms with Crippen LogP contribution < -0.4 is 9.64 Å². The van der Waals surface area contributed by atoms with E-state index in [9.17, 15) is 0 Å². The normalized spacial score (nSPS) is 14.5. The molecule has 20 rings (SSSR count). The van der Waals surface area contributed by atoms with E-state index in [4.69, 9.17) is 4.74 Å². The maximum atomic E-state index is 7.34. The van der Waals surface area contributed by atoms with Crippen molar-refractivity contribution in [1.29, 1.82) is 0 Å². The summed E-state index contributed by atoms with van der Waals surface area (Å²) >= 11 is 0. The molecule has 0 amide bonds. The molecule has 0 atom stereocenters. The number of rotatable bonds is 6. The first-order chi connectivity index (χ1) is 45.1. The van der Waals surface area contributed by atoms with Crippen molar-refractivity contribution in [3.63, 3.8) is 0 Å². The molecule has 0 saturated heterocycles. The Labute approximate surface area is 528 Å². The summed E-state index contributed by atoms with van der Waals surface area (Å²) in [6, 6.07) is 126. The molecule has 422 valence electrons. The highest BCUT2D eigenvalue weighted by Gasteiger charge is 2.54. The molecule has 0 radical (unpaired) electrons. The summed E-state index contributed by atoms with van der Waals surface area (Å²) in [5.74, 6) is 1.84. The monoisotopic (exact) mass is 1150 g/mol. The van der Waals surface area contributed by atoms with Crippen LogP contribution >= 0.6 is 0 Å². The number of hydrogen-bond acceptors (Lipinski definition) is 2. The minimum absolute atomic E-state index is 0.518. The zero-order valence-corrected chi connectivity index (χ0v) is 49.6. The van der Waals surface area contributed by atoms with Crippen LogP contribution in [0.5, 0.6) is 11.5 Å². The van der Waals surface area contributed by atoms with Crippen molar-refractivity contribution in [1.82, 2.24) is 0 Å². The molecule has 91 heavy (non-hydrogen) atoms. The second-order valence-electron chi connectivity index (χ2n) is 25.2. The van der Waals surface area contributed by atoms with Gasteiger partial charge in [-0.15, -0.1) is 0 Å². The molecule has 2 spiro atoms. The van der Waals surface area contributed by atoms with E-state index >= 15 is 0 Å². The standard InChI is InChI=1S/C89H55NO/c1-3-24-60(25-4-1)87(61-26-5-2-6-27-61)73-35-16-11-32-68(73)71-51-49-63(55-82(71)87)90(83-41-21-40-78-84(83)72-34-15-20-39-77(72)88(78)74-36-17-12-30-66(74)67-31-13-18-37-75(67)88)62-47-42-56(43-48-62)59-44-50-70-69-33-14-19-38-76(69)89(81(70)54-59)79-52-45-57-22-7-9-28-64(57)85(79)91-86-65-29-10-8-23-58(65)46-53-80(86)89/h1-55H. The number of fused-ring (bicyclic) bond motifs is 26. The van der Waals surface area contributed by atoms with Crippen molar-refractivity contribution >= 4 is 38.6 Å². The number of anilines is 3. The van der Waals surface area contributed by atoms with Crippen molar-refractivity contribution in [2.75, 3.05) is 4.90 Å². The Balaban J connectivity index is 0.817. The molecule has 1 aliphatic heterocycles. The average molecular weight is 1150 g/mol. The fraction of sp³-hybridized carbons (Fsp3) is 0.0337. The maximum Gasteiger partial charge on any atom is 0.140 e. The molecule has 5 aliphatic rings. The number of benzene rings is 15. The van der Waals surface area contributed by atoms with Crippen LogP contribution in [-0.2, 0) is 16.2 Å². The van der Waals surface area contributed by atoms with E-state index in [1.165, 1.54) is 100 Å². The van der Waals surface area contributed by atoms with Crippen LogP contribution in [0.1, 0.15) is 66.8 Å². The second kappa shape index (κ2) is 18.7. The molecule has 2 heteroatoms. The molecule has 0 saturated carbocycles. The summed E-state index contributed by atoms with van der Waals surface area (Å²) in [7, 11) is 0. The zero-order valence-electron chi connectivity index (χ0n) is 49.6. The molecule has 0 N–H and O–H groups in total. The highest BCUT2D eigenvalue weighted by molar-refractivity contribution is 6.04. The first kappa shape index (κ1) is 50.4. The van der Waals surface area contributed by atoms with E-state index in [1.807, 2.05) is 0 Å². The summed E-state index contributed by atoms with van der Waals surface area (Å²) < 4.78 is 7.34. The third-order valence-electron chi connectivity index (χ3n) is 21.2. The number of nitrogens with zero attached hydrogens (tertiary/aromatic N) is 1. The predicted octanol–water partition coefficient (Wildman–Crippen LogP) is 22.3. The van der Waals surface area contributed by atoms with Crippen LogP contribution in [0.15, 0.2) is 334 Å². The summed E-state index contributed by atoms with van der Waals surface area (Å²) in [5.41, 5.74) is 29.0. The van der Waals surface area contributed by atoms with Crippen molar-refractivity contribution in [2.45, 2.75) is 16.2 Å². The molecule has 4 aliphatic carbocycles. The lowest BCUT2D eigenvalue weighted by atomic mass is 9.65. The Hall–Kier alpha value is -11.6. The van der Waals surface area contributed by atoms with Crippen molar-refractivity contribution < 1.29 is 4.74 Å². The molecule has 0 unspecified atom stereocenters. The van der Waals surface area contributed by atoms with E-state index in [0.29, 0.717) is 0 Å². The Bertz CT molecular complexity index is 5410. The smallest absolute Gasteiger partial charge is 0.140 e. The largest absolute Gasteiger partial charge is 0.455 e. The predicted molar refractivity (Wildman–Crippen MR) is 373 cm³/mol. The molecular formula is C89H55NO. The maximum absolute atomic E-state index is 7.34. The van der Waals surface area contributed by atoms with Crippen molar-refractivity contribution in [3.05, 3.63) is 400 Å². The van der Waals surface area contributed by atoms with Gasteiger partial charge in [-0.3, -0.25) is 0 Å². The van der Waals surface area contributed by atoms with Crippen LogP contribution in [0, 0.1) is 0 Å². The van der Waals surface area contributed by atoms with Crippen LogP contribution in [0.3, 0.4) is 0 Å². The lowest BCUT2D eigenvalue weighted by Gasteiger charge is -2.40. The van der Waals surface area contributed by atoms with Gasteiger partial charge in [0.2, 0.25) is 0 Å². The van der Waals surface area contributed by atoms with E-state index < -0.39 is 16.2 Å². The Morgan fingerprint density at radius 3 is 1.18 bits per heavy atom. The van der Waals surface area contributed by atoms with Gasteiger partial charge >= 0.3 is 0 Å². The van der Waals surface area contributed by atoms with Crippen molar-refractivity contribution in [2.24, 2.45) is 0 Å². The first-order valence-electron chi connectivity index (χ1n) is 31.8. The molecular weight excluding hydrogens is 1100 g/mol. The van der Waals surface area contributed by atoms with Gasteiger partial charge in [-0.05, 0) is 153 Å². The molecule has 15 aromatic carbocycles. The minimum Gasteiger partial charge on any atom is -0.455 e. The quantitative estimate of drug-likeness (QED) is 0.165. The topological polar surface area (TPSA) is 12.5 Å². The third kappa shape index (κ3) is 6.50. The fourth-order valence-electron chi connectivity index (χ4n) is 17.7. The average Bonchev–Trinajstić information content (AvgIpc) is 1.57. The molecule has 0 aromatic heterocycles. The van der Waals surface area contributed by atoms with E-state index in [2.05, 4.69) is 339 Å². The summed E-state index contributed by atoms with van der Waals surface area (Å²) in [6.07, 6.45) is 0. The summed E-state index contributed by atoms with van der Waals surface area (Å²) in [5, 5.41) is 4.54. The SMILES string of the molecule is c1ccc(C2(c3ccccc3)c3ccccc3-c3ccc(N(c4ccc(-c5ccc6c(c5)C5(c7ccccc7-6)c6ccc7ccccc7c6Oc6c5ccc5ccccc65)cc4)c4cccc5c4-c4ccccc4C54c5ccccc5-c5ccccc54)cc32)cc1. The Kier molecular flexibility index (Phi) is 10.4. The first-order valence-corrected chi connectivity index (χ1v) is 31.8. The van der Waals surface area contributed by atoms with Gasteiger partial charge in [0.05, 0.1) is 21.9 Å². The zero-order chi connectivity index (χ0) is 59.6. The molecule has 0 bridgehead atoms. The highest BCUT2D eigenvalue weighted by Crippen LogP contribution is 2.67. The Morgan fingerprint density at radius 1 is 0.231 bits per heavy atom. The van der Waals surface area contributed by atoms with Crippen LogP contribution in [-0.4, -0.2) is 0 Å². The van der Waals surface area contributed by atoms with Gasteiger partial charge in [0.25, 0.3) is 0 Å². The molecule has 2 nitrogen and oxygen atoms in total. The fourth-order valence-corrected chi connectivity index (χ4v) is 17.7. The molecule has 15 aromatic rings. The van der Waals surface area contributed by atoms with E-state index in [-0.39, 0.29) is 0 Å². The van der Waals surface area contributed by atoms with Gasteiger partial charge in [0.1, 0.15) is 11.5 Å². The van der Waals surface area contributed by atoms with Gasteiger partial charge < -0.3 is 9.64 Å². The Morgan fingerprint density at radius 2 is 0.626 bits per heavy atom. The van der Waals surface area contributed by atoms with E-state index in [0.717, 1.165) is 72.4 Å². The number of ether oxygens (including phenoxy) is 1. The van der Waals surface area contributed by atoms with Gasteiger partial charge in [-0.2, -0.15) is 0 Å². The molecule has 1 heterocycles. The van der Waals surface area contributed by atoms with Crippen LogP contribution in [0.4, 0.5) is 17.1 Å². The minimum atomic E-state index is -0.667. The van der Waals surface area contributed by atoms with Gasteiger partial charge in [-0.25, -0.2) is 0 Å². The lowest BCUT2D eigenvalue weighted by molar-refractivity contribution is 0.447.